The molecule has 0 spiro atoms. The van der Waals surface area contributed by atoms with Gasteiger partial charge in [0.25, 0.3) is 6.23 Å². The summed E-state index contributed by atoms with van der Waals surface area (Å²) in [6, 6.07) is 9.39. The van der Waals surface area contributed by atoms with E-state index in [-0.39, 0.29) is 21.6 Å². The van der Waals surface area contributed by atoms with Gasteiger partial charge in [0.15, 0.2) is 0 Å². The SMILES string of the molecule is O=C(c1ccc(Cl)cc1Cl)C(Oc1cccc(Cl)n1)n1cncn1. The number of ether oxygens (including phenoxy) is 1. The number of ketones is 1. The third kappa shape index (κ3) is 3.67. The number of halogens is 3. The fourth-order valence-electron chi connectivity index (χ4n) is 1.96. The van der Waals surface area contributed by atoms with Crippen molar-refractivity contribution >= 4 is 40.6 Å². The molecule has 1 unspecified atom stereocenters. The molecule has 0 aliphatic rings. The highest BCUT2D eigenvalue weighted by Gasteiger charge is 2.27. The van der Waals surface area contributed by atoms with E-state index in [1.165, 1.54) is 29.5 Å². The lowest BCUT2D eigenvalue weighted by molar-refractivity contribution is 0.0605. The van der Waals surface area contributed by atoms with Crippen molar-refractivity contribution in [3.05, 3.63) is 69.8 Å². The molecule has 0 saturated carbocycles. The van der Waals surface area contributed by atoms with Gasteiger partial charge >= 0.3 is 0 Å². The summed E-state index contributed by atoms with van der Waals surface area (Å²) in [6.07, 6.45) is 1.51. The molecule has 24 heavy (non-hydrogen) atoms. The van der Waals surface area contributed by atoms with E-state index < -0.39 is 12.0 Å². The molecule has 3 aromatic rings. The van der Waals surface area contributed by atoms with E-state index in [0.717, 1.165) is 0 Å². The summed E-state index contributed by atoms with van der Waals surface area (Å²) in [5.74, 6) is -0.259. The highest BCUT2D eigenvalue weighted by Crippen LogP contribution is 2.26. The van der Waals surface area contributed by atoms with Crippen molar-refractivity contribution < 1.29 is 9.53 Å². The average Bonchev–Trinajstić information content (AvgIpc) is 3.06. The predicted molar refractivity (Wildman–Crippen MR) is 89.7 cm³/mol. The Morgan fingerprint density at radius 2 is 2.00 bits per heavy atom. The average molecular weight is 384 g/mol. The van der Waals surface area contributed by atoms with Gasteiger partial charge in [-0.1, -0.05) is 40.9 Å². The molecule has 0 N–H and O–H groups in total. The smallest absolute Gasteiger partial charge is 0.258 e. The number of pyridine rings is 1. The molecule has 0 amide bonds. The summed E-state index contributed by atoms with van der Waals surface area (Å²) < 4.78 is 6.92. The van der Waals surface area contributed by atoms with Crippen LogP contribution in [0.3, 0.4) is 0 Å². The molecular weight excluding hydrogens is 375 g/mol. The van der Waals surface area contributed by atoms with Crippen LogP contribution in [0.1, 0.15) is 16.6 Å². The van der Waals surface area contributed by atoms with Gasteiger partial charge in [-0.05, 0) is 24.3 Å². The summed E-state index contributed by atoms with van der Waals surface area (Å²) in [5.41, 5.74) is 0.239. The van der Waals surface area contributed by atoms with Gasteiger partial charge in [-0.3, -0.25) is 4.79 Å². The summed E-state index contributed by atoms with van der Waals surface area (Å²) in [5, 5.41) is 4.83. The molecule has 2 aromatic heterocycles. The van der Waals surface area contributed by atoms with Crippen molar-refractivity contribution in [3.8, 4) is 5.88 Å². The van der Waals surface area contributed by atoms with E-state index in [1.54, 1.807) is 24.3 Å². The number of hydrogen-bond donors (Lipinski definition) is 0. The Balaban J connectivity index is 1.97. The van der Waals surface area contributed by atoms with Crippen molar-refractivity contribution in [1.82, 2.24) is 19.7 Å². The lowest BCUT2D eigenvalue weighted by atomic mass is 10.1. The van der Waals surface area contributed by atoms with Crippen LogP contribution < -0.4 is 4.74 Å². The number of carbonyl (C=O) groups is 1. The molecule has 9 heteroatoms. The molecule has 0 aliphatic carbocycles. The van der Waals surface area contributed by atoms with Gasteiger partial charge in [-0.25, -0.2) is 14.6 Å². The first kappa shape index (κ1) is 16.7. The van der Waals surface area contributed by atoms with Crippen LogP contribution in [-0.4, -0.2) is 25.5 Å². The summed E-state index contributed by atoms with van der Waals surface area (Å²) >= 11 is 17.8. The van der Waals surface area contributed by atoms with Gasteiger partial charge < -0.3 is 4.74 Å². The molecule has 122 valence electrons. The number of nitrogens with zero attached hydrogens (tertiary/aromatic N) is 4. The number of carbonyl (C=O) groups excluding carboxylic acids is 1. The zero-order valence-electron chi connectivity index (χ0n) is 11.9. The molecule has 0 saturated heterocycles. The largest absolute Gasteiger partial charge is 0.444 e. The third-order valence-electron chi connectivity index (χ3n) is 3.02. The number of hydrogen-bond acceptors (Lipinski definition) is 5. The van der Waals surface area contributed by atoms with E-state index in [0.29, 0.717) is 5.02 Å². The van der Waals surface area contributed by atoms with Crippen LogP contribution in [0.4, 0.5) is 0 Å². The van der Waals surface area contributed by atoms with Crippen LogP contribution in [0.25, 0.3) is 0 Å². The van der Waals surface area contributed by atoms with Crippen molar-refractivity contribution in [2.45, 2.75) is 6.23 Å². The maximum atomic E-state index is 12.9. The minimum atomic E-state index is -1.14. The first-order valence-corrected chi connectivity index (χ1v) is 7.80. The Morgan fingerprint density at radius 1 is 1.17 bits per heavy atom. The normalized spacial score (nSPS) is 12.0. The molecule has 3 rings (SSSR count). The van der Waals surface area contributed by atoms with E-state index in [1.807, 2.05) is 0 Å². The first-order valence-electron chi connectivity index (χ1n) is 6.67. The Labute approximate surface area is 152 Å². The molecule has 6 nitrogen and oxygen atoms in total. The van der Waals surface area contributed by atoms with Crippen LogP contribution in [0.5, 0.6) is 5.88 Å². The number of aromatic nitrogens is 4. The zero-order valence-corrected chi connectivity index (χ0v) is 14.2. The van der Waals surface area contributed by atoms with E-state index in [9.17, 15) is 4.79 Å². The lowest BCUT2D eigenvalue weighted by Gasteiger charge is -2.18. The topological polar surface area (TPSA) is 69.9 Å². The quantitative estimate of drug-likeness (QED) is 0.490. The fraction of sp³-hybridized carbons (Fsp3) is 0.0667. The van der Waals surface area contributed by atoms with Crippen molar-refractivity contribution in [1.29, 1.82) is 0 Å². The second-order valence-electron chi connectivity index (χ2n) is 4.63. The van der Waals surface area contributed by atoms with Gasteiger partial charge in [-0.2, -0.15) is 5.10 Å². The predicted octanol–water partition coefficient (Wildman–Crippen LogP) is 4.09. The maximum Gasteiger partial charge on any atom is 0.258 e. The van der Waals surface area contributed by atoms with Gasteiger partial charge in [0, 0.05) is 16.7 Å². The summed E-state index contributed by atoms with van der Waals surface area (Å²) in [7, 11) is 0. The minimum Gasteiger partial charge on any atom is -0.444 e. The van der Waals surface area contributed by atoms with Gasteiger partial charge in [0.1, 0.15) is 17.8 Å². The second kappa shape index (κ2) is 7.17. The Hall–Kier alpha value is -2.15. The lowest BCUT2D eigenvalue weighted by Crippen LogP contribution is -2.26. The number of benzene rings is 1. The Morgan fingerprint density at radius 3 is 2.67 bits per heavy atom. The van der Waals surface area contributed by atoms with Crippen LogP contribution in [0.2, 0.25) is 15.2 Å². The molecule has 0 fully saturated rings. The zero-order chi connectivity index (χ0) is 17.1. The summed E-state index contributed by atoms with van der Waals surface area (Å²) in [4.78, 5) is 20.7. The van der Waals surface area contributed by atoms with Crippen LogP contribution in [0.15, 0.2) is 49.1 Å². The molecular formula is C15H9Cl3N4O2. The van der Waals surface area contributed by atoms with Crippen molar-refractivity contribution in [3.63, 3.8) is 0 Å². The highest BCUT2D eigenvalue weighted by atomic mass is 35.5. The van der Waals surface area contributed by atoms with Crippen molar-refractivity contribution in [2.24, 2.45) is 0 Å². The number of rotatable bonds is 5. The number of Topliss-reactive ketones (excluding diaryl/α,β-unsaturated/α-hetero) is 1. The third-order valence-corrected chi connectivity index (χ3v) is 3.78. The molecule has 0 aliphatic heterocycles. The summed E-state index contributed by atoms with van der Waals surface area (Å²) in [6.45, 7) is 0. The van der Waals surface area contributed by atoms with Gasteiger partial charge in [-0.15, -0.1) is 0 Å². The highest BCUT2D eigenvalue weighted by molar-refractivity contribution is 6.36. The standard InChI is InChI=1S/C15H9Cl3N4O2/c16-9-4-5-10(11(17)6-9)14(23)15(22-8-19-7-20-22)24-13-3-1-2-12(18)21-13/h1-8,15H. The Bertz CT molecular complexity index is 871. The molecule has 1 aromatic carbocycles. The Kier molecular flexibility index (Phi) is 4.99. The molecule has 0 radical (unpaired) electrons. The van der Waals surface area contributed by atoms with Crippen LogP contribution >= 0.6 is 34.8 Å². The monoisotopic (exact) mass is 382 g/mol. The fourth-order valence-corrected chi connectivity index (χ4v) is 2.62. The van der Waals surface area contributed by atoms with Crippen LogP contribution in [0, 0.1) is 0 Å². The second-order valence-corrected chi connectivity index (χ2v) is 5.86. The van der Waals surface area contributed by atoms with Crippen LogP contribution in [-0.2, 0) is 0 Å². The van der Waals surface area contributed by atoms with E-state index in [4.69, 9.17) is 39.5 Å². The van der Waals surface area contributed by atoms with Gasteiger partial charge in [0.05, 0.1) is 5.02 Å². The minimum absolute atomic E-state index is 0.168. The molecule has 2 heterocycles. The van der Waals surface area contributed by atoms with E-state index >= 15 is 0 Å². The molecule has 1 atom stereocenters. The first-order chi connectivity index (χ1) is 11.5. The van der Waals surface area contributed by atoms with E-state index in [2.05, 4.69) is 15.1 Å². The van der Waals surface area contributed by atoms with Gasteiger partial charge in [0.2, 0.25) is 11.7 Å². The van der Waals surface area contributed by atoms with Crippen molar-refractivity contribution in [2.75, 3.05) is 0 Å². The molecule has 0 bridgehead atoms. The maximum absolute atomic E-state index is 12.9.